The molecule has 8 nitrogen and oxygen atoms in total. The third-order valence-electron chi connectivity index (χ3n) is 2.30. The van der Waals surface area contributed by atoms with Crippen molar-refractivity contribution in [2.75, 3.05) is 23.8 Å². The standard InChI is InChI=1S/C10H14N4O4S/c1-2-19(18)4-3-12-10(15)8-5-7(14(16)17)6-13-9(8)11/h5-6H,2-4H2,1H3,(H2,11,13)(H,12,15). The molecule has 0 fully saturated rings. The number of pyridine rings is 1. The quantitative estimate of drug-likeness (QED) is 0.562. The topological polar surface area (TPSA) is 128 Å². The van der Waals surface area contributed by atoms with Gasteiger partial charge < -0.3 is 11.1 Å². The second kappa shape index (κ2) is 6.78. The largest absolute Gasteiger partial charge is 0.383 e. The van der Waals surface area contributed by atoms with E-state index in [1.165, 1.54) is 0 Å². The number of nitrogens with one attached hydrogen (secondary N) is 1. The number of carbonyl (C=O) groups excluding carboxylic acids is 1. The van der Waals surface area contributed by atoms with E-state index < -0.39 is 21.6 Å². The summed E-state index contributed by atoms with van der Waals surface area (Å²) in [6, 6.07) is 1.06. The second-order valence-electron chi connectivity index (χ2n) is 3.57. The predicted octanol–water partition coefficient (Wildman–Crippen LogP) is 0.0704. The zero-order chi connectivity index (χ0) is 14.4. The van der Waals surface area contributed by atoms with Gasteiger partial charge in [0, 0.05) is 34.9 Å². The van der Waals surface area contributed by atoms with Crippen LogP contribution >= 0.6 is 0 Å². The molecule has 19 heavy (non-hydrogen) atoms. The lowest BCUT2D eigenvalue weighted by Gasteiger charge is -2.06. The number of rotatable bonds is 6. The number of hydrogen-bond donors (Lipinski definition) is 2. The van der Waals surface area contributed by atoms with E-state index in [4.69, 9.17) is 5.73 Å². The molecule has 1 amide bonds. The van der Waals surface area contributed by atoms with Crippen LogP contribution in [0.1, 0.15) is 17.3 Å². The summed E-state index contributed by atoms with van der Waals surface area (Å²) in [5.41, 5.74) is 5.13. The minimum absolute atomic E-state index is 0.0588. The average Bonchev–Trinajstić information content (AvgIpc) is 2.38. The van der Waals surface area contributed by atoms with Crippen LogP contribution in [0, 0.1) is 10.1 Å². The van der Waals surface area contributed by atoms with Gasteiger partial charge in [-0.05, 0) is 0 Å². The van der Waals surface area contributed by atoms with Gasteiger partial charge in [-0.2, -0.15) is 0 Å². The molecule has 1 heterocycles. The van der Waals surface area contributed by atoms with E-state index in [2.05, 4.69) is 10.3 Å². The lowest BCUT2D eigenvalue weighted by atomic mass is 10.2. The molecule has 0 aliphatic heterocycles. The van der Waals surface area contributed by atoms with E-state index in [0.29, 0.717) is 11.5 Å². The minimum atomic E-state index is -0.987. The van der Waals surface area contributed by atoms with Gasteiger partial charge in [0.1, 0.15) is 12.0 Å². The van der Waals surface area contributed by atoms with Gasteiger partial charge in [-0.15, -0.1) is 0 Å². The summed E-state index contributed by atoms with van der Waals surface area (Å²) < 4.78 is 11.2. The fourth-order valence-corrected chi connectivity index (χ4v) is 1.88. The average molecular weight is 286 g/mol. The summed E-state index contributed by atoms with van der Waals surface area (Å²) in [4.78, 5) is 25.3. The number of amides is 1. The van der Waals surface area contributed by atoms with Crippen LogP contribution in [-0.4, -0.2) is 38.1 Å². The molecule has 0 aliphatic rings. The number of anilines is 1. The minimum Gasteiger partial charge on any atom is -0.383 e. The Hall–Kier alpha value is -2.03. The lowest BCUT2D eigenvalue weighted by Crippen LogP contribution is -2.29. The smallest absolute Gasteiger partial charge is 0.288 e. The van der Waals surface area contributed by atoms with E-state index >= 15 is 0 Å². The predicted molar refractivity (Wildman–Crippen MR) is 71.2 cm³/mol. The van der Waals surface area contributed by atoms with E-state index in [1.807, 2.05) is 0 Å². The van der Waals surface area contributed by atoms with E-state index in [1.54, 1.807) is 6.92 Å². The zero-order valence-electron chi connectivity index (χ0n) is 10.3. The van der Waals surface area contributed by atoms with Crippen LogP contribution in [0.15, 0.2) is 12.3 Å². The molecule has 0 aliphatic carbocycles. The highest BCUT2D eigenvalue weighted by atomic mass is 32.2. The first-order chi connectivity index (χ1) is 8.95. The van der Waals surface area contributed by atoms with E-state index in [-0.39, 0.29) is 23.6 Å². The van der Waals surface area contributed by atoms with Crippen LogP contribution in [0.2, 0.25) is 0 Å². The Balaban J connectivity index is 2.73. The van der Waals surface area contributed by atoms with Crippen LogP contribution in [0.25, 0.3) is 0 Å². The molecule has 1 aromatic heterocycles. The van der Waals surface area contributed by atoms with Crippen molar-refractivity contribution in [1.29, 1.82) is 0 Å². The molecule has 0 aromatic carbocycles. The highest BCUT2D eigenvalue weighted by Crippen LogP contribution is 2.16. The molecule has 1 rings (SSSR count). The number of nitrogens with zero attached hydrogens (tertiary/aromatic N) is 2. The Morgan fingerprint density at radius 1 is 1.63 bits per heavy atom. The van der Waals surface area contributed by atoms with Crippen molar-refractivity contribution in [2.45, 2.75) is 6.92 Å². The number of hydrogen-bond acceptors (Lipinski definition) is 6. The number of nitrogen functional groups attached to an aromatic ring is 1. The van der Waals surface area contributed by atoms with Gasteiger partial charge in [0.15, 0.2) is 0 Å². The third kappa shape index (κ3) is 4.28. The maximum atomic E-state index is 11.8. The van der Waals surface area contributed by atoms with Crippen molar-refractivity contribution >= 4 is 28.2 Å². The first-order valence-corrected chi connectivity index (χ1v) is 6.97. The van der Waals surface area contributed by atoms with Gasteiger partial charge in [0.05, 0.1) is 10.5 Å². The van der Waals surface area contributed by atoms with Gasteiger partial charge in [-0.1, -0.05) is 6.92 Å². The molecular weight excluding hydrogens is 272 g/mol. The van der Waals surface area contributed by atoms with E-state index in [9.17, 15) is 19.1 Å². The highest BCUT2D eigenvalue weighted by Gasteiger charge is 2.16. The number of nitro groups is 1. The second-order valence-corrected chi connectivity index (χ2v) is 5.44. The Bertz CT molecular complexity index is 520. The monoisotopic (exact) mass is 286 g/mol. The fourth-order valence-electron chi connectivity index (χ4n) is 1.26. The maximum Gasteiger partial charge on any atom is 0.288 e. The normalized spacial score (nSPS) is 11.8. The summed E-state index contributed by atoms with van der Waals surface area (Å²) >= 11 is 0. The van der Waals surface area contributed by atoms with Crippen molar-refractivity contribution in [1.82, 2.24) is 10.3 Å². The Kier molecular flexibility index (Phi) is 5.37. The van der Waals surface area contributed by atoms with Crippen molar-refractivity contribution in [2.24, 2.45) is 0 Å². The molecule has 0 saturated carbocycles. The summed E-state index contributed by atoms with van der Waals surface area (Å²) in [6.45, 7) is 1.99. The fraction of sp³-hybridized carbons (Fsp3) is 0.400. The number of carbonyl (C=O) groups is 1. The van der Waals surface area contributed by atoms with Crippen LogP contribution < -0.4 is 11.1 Å². The van der Waals surface area contributed by atoms with Crippen molar-refractivity contribution < 1.29 is 13.9 Å². The molecule has 0 spiro atoms. The molecule has 0 radical (unpaired) electrons. The van der Waals surface area contributed by atoms with Crippen LogP contribution in [0.3, 0.4) is 0 Å². The molecule has 0 saturated heterocycles. The van der Waals surface area contributed by atoms with Gasteiger partial charge in [-0.25, -0.2) is 4.98 Å². The maximum absolute atomic E-state index is 11.8. The van der Waals surface area contributed by atoms with E-state index in [0.717, 1.165) is 12.3 Å². The van der Waals surface area contributed by atoms with Crippen LogP contribution in [-0.2, 0) is 10.8 Å². The van der Waals surface area contributed by atoms with Crippen molar-refractivity contribution in [3.8, 4) is 0 Å². The summed E-state index contributed by atoms with van der Waals surface area (Å²) in [6.07, 6.45) is 0.984. The lowest BCUT2D eigenvalue weighted by molar-refractivity contribution is -0.385. The van der Waals surface area contributed by atoms with Crippen molar-refractivity contribution in [3.05, 3.63) is 27.9 Å². The Labute approximate surface area is 112 Å². The molecule has 1 unspecified atom stereocenters. The molecule has 1 aromatic rings. The molecule has 3 N–H and O–H groups in total. The summed E-state index contributed by atoms with van der Waals surface area (Å²) in [5.74, 6) is 0.183. The summed E-state index contributed by atoms with van der Waals surface area (Å²) in [7, 11) is -0.987. The van der Waals surface area contributed by atoms with Gasteiger partial charge >= 0.3 is 0 Å². The SMILES string of the molecule is CCS(=O)CCNC(=O)c1cc([N+](=O)[O-])cnc1N. The third-order valence-corrected chi connectivity index (χ3v) is 3.60. The zero-order valence-corrected chi connectivity index (χ0v) is 11.1. The van der Waals surface area contributed by atoms with Crippen molar-refractivity contribution in [3.63, 3.8) is 0 Å². The van der Waals surface area contributed by atoms with Gasteiger partial charge in [0.25, 0.3) is 11.6 Å². The molecule has 0 bridgehead atoms. The van der Waals surface area contributed by atoms with Gasteiger partial charge in [-0.3, -0.25) is 19.1 Å². The van der Waals surface area contributed by atoms with Gasteiger partial charge in [0.2, 0.25) is 0 Å². The first-order valence-electron chi connectivity index (χ1n) is 5.48. The highest BCUT2D eigenvalue weighted by molar-refractivity contribution is 7.84. The molecular formula is C10H14N4O4S. The number of aromatic nitrogens is 1. The molecule has 9 heteroatoms. The van der Waals surface area contributed by atoms with Crippen LogP contribution in [0.4, 0.5) is 11.5 Å². The Morgan fingerprint density at radius 3 is 2.89 bits per heavy atom. The molecule has 1 atom stereocenters. The van der Waals surface area contributed by atoms with Crippen LogP contribution in [0.5, 0.6) is 0 Å². The summed E-state index contributed by atoms with van der Waals surface area (Å²) in [5, 5.41) is 13.1. The molecule has 104 valence electrons. The Morgan fingerprint density at radius 2 is 2.32 bits per heavy atom. The first kappa shape index (κ1) is 15.0. The number of nitrogens with two attached hydrogens (primary N) is 1.